The molecule has 0 aliphatic carbocycles. The summed E-state index contributed by atoms with van der Waals surface area (Å²) >= 11 is 0. The molecule has 0 bridgehead atoms. The van der Waals surface area contributed by atoms with Crippen molar-refractivity contribution in [3.63, 3.8) is 0 Å². The Kier molecular flexibility index (Phi) is 13.0. The summed E-state index contributed by atoms with van der Waals surface area (Å²) in [5.74, 6) is -1.70. The van der Waals surface area contributed by atoms with Gasteiger partial charge in [-0.05, 0) is 59.3 Å². The number of non-ortho nitro benzene ring substituents is 1. The zero-order valence-corrected chi connectivity index (χ0v) is 34.7. The van der Waals surface area contributed by atoms with E-state index in [0.717, 1.165) is 41.4 Å². The van der Waals surface area contributed by atoms with Crippen molar-refractivity contribution < 1.29 is 68.7 Å². The van der Waals surface area contributed by atoms with Crippen molar-refractivity contribution in [1.29, 1.82) is 0 Å². The van der Waals surface area contributed by atoms with Gasteiger partial charge in [0.1, 0.15) is 60.2 Å². The Hall–Kier alpha value is -7.51. The van der Waals surface area contributed by atoms with Crippen LogP contribution in [0, 0.1) is 10.1 Å². The molecule has 5 N–H and O–H groups in total. The Morgan fingerprint density at radius 3 is 1.75 bits per heavy atom. The Morgan fingerprint density at radius 2 is 1.08 bits per heavy atom. The number of benzene rings is 8. The zero-order chi connectivity index (χ0) is 44.3. The Bertz CT molecular complexity index is 3370. The van der Waals surface area contributed by atoms with Crippen LogP contribution in [0.5, 0.6) is 23.0 Å². The van der Waals surface area contributed by atoms with E-state index < -0.39 is 63.6 Å². The van der Waals surface area contributed by atoms with Gasteiger partial charge in [0.2, 0.25) is 0 Å². The molecule has 8 aromatic rings. The third-order valence-electron chi connectivity index (χ3n) is 9.17. The first-order chi connectivity index (χ1) is 29.5. The molecule has 0 fully saturated rings. The number of hydrogen-bond donors (Lipinski definition) is 5. The number of hydrogen-bond acceptors (Lipinski definition) is 17. The minimum atomic E-state index is -5.11. The topological polar surface area (TPSA) is 300 Å². The molecular formula is C42H28CrN6O12S2-2. The molecule has 0 aliphatic rings. The second-order valence-electron chi connectivity index (χ2n) is 13.2. The van der Waals surface area contributed by atoms with Gasteiger partial charge in [0.15, 0.2) is 5.75 Å². The molecule has 21 heteroatoms. The van der Waals surface area contributed by atoms with Gasteiger partial charge in [0.25, 0.3) is 5.69 Å². The molecule has 0 unspecified atom stereocenters. The predicted molar refractivity (Wildman–Crippen MR) is 226 cm³/mol. The average Bonchev–Trinajstić information content (AvgIpc) is 3.23. The normalized spacial score (nSPS) is 11.7. The third-order valence-corrected chi connectivity index (χ3v) is 10.9. The number of phenols is 4. The number of azo groups is 2. The minimum Gasteiger partial charge on any atom is -0.744 e. The van der Waals surface area contributed by atoms with Crippen molar-refractivity contribution >= 4 is 92.4 Å². The van der Waals surface area contributed by atoms with Crippen LogP contribution in [0.2, 0.25) is 0 Å². The van der Waals surface area contributed by atoms with Crippen molar-refractivity contribution in [2.24, 2.45) is 20.5 Å². The van der Waals surface area contributed by atoms with E-state index in [2.05, 4.69) is 25.8 Å². The second-order valence-corrected chi connectivity index (χ2v) is 15.9. The summed E-state index contributed by atoms with van der Waals surface area (Å²) in [5, 5.41) is 72.9. The number of aromatic hydroxyl groups is 4. The van der Waals surface area contributed by atoms with Gasteiger partial charge in [-0.2, -0.15) is 0 Å². The number of para-hydroxylation sites is 1. The largest absolute Gasteiger partial charge is 0.744 e. The van der Waals surface area contributed by atoms with Gasteiger partial charge < -0.3 is 34.8 Å². The average molecular weight is 925 g/mol. The molecule has 0 aromatic heterocycles. The van der Waals surface area contributed by atoms with Crippen LogP contribution in [0.3, 0.4) is 0 Å². The van der Waals surface area contributed by atoms with Gasteiger partial charge >= 0.3 is 0 Å². The van der Waals surface area contributed by atoms with Gasteiger partial charge in [0, 0.05) is 68.5 Å². The molecule has 0 amide bonds. The molecule has 8 aromatic carbocycles. The maximum Gasteiger partial charge on any atom is 0.271 e. The molecule has 0 heterocycles. The van der Waals surface area contributed by atoms with Crippen LogP contribution in [0.1, 0.15) is 0 Å². The van der Waals surface area contributed by atoms with Crippen LogP contribution in [0.25, 0.3) is 32.3 Å². The molecule has 0 saturated carbocycles. The van der Waals surface area contributed by atoms with E-state index >= 15 is 0 Å². The van der Waals surface area contributed by atoms with E-state index in [9.17, 15) is 56.5 Å². The van der Waals surface area contributed by atoms with Gasteiger partial charge in [0.05, 0.1) is 14.7 Å². The molecule has 0 aliphatic heterocycles. The van der Waals surface area contributed by atoms with Crippen molar-refractivity contribution in [2.45, 2.75) is 9.79 Å². The van der Waals surface area contributed by atoms with Crippen LogP contribution >= 0.6 is 0 Å². The molecule has 0 saturated heterocycles. The molecular weight excluding hydrogens is 897 g/mol. The summed E-state index contributed by atoms with van der Waals surface area (Å²) in [6.07, 6.45) is 0. The van der Waals surface area contributed by atoms with E-state index in [1.807, 2.05) is 42.5 Å². The van der Waals surface area contributed by atoms with Crippen LogP contribution in [0.4, 0.5) is 39.8 Å². The van der Waals surface area contributed by atoms with Crippen LogP contribution in [-0.4, -0.2) is 51.3 Å². The Labute approximate surface area is 367 Å². The van der Waals surface area contributed by atoms with E-state index in [1.165, 1.54) is 24.3 Å². The number of nitrogens with zero attached hydrogens (tertiary/aromatic N) is 5. The van der Waals surface area contributed by atoms with Gasteiger partial charge in [-0.25, -0.2) is 16.8 Å². The van der Waals surface area contributed by atoms with Crippen LogP contribution in [0.15, 0.2) is 170 Å². The van der Waals surface area contributed by atoms with E-state index in [-0.39, 0.29) is 61.7 Å². The molecule has 0 atom stereocenters. The van der Waals surface area contributed by atoms with Crippen molar-refractivity contribution in [3.8, 4) is 23.0 Å². The van der Waals surface area contributed by atoms with Gasteiger partial charge in [-0.1, -0.05) is 72.8 Å². The number of nitrogens with one attached hydrogen (secondary N) is 1. The first-order valence-corrected chi connectivity index (χ1v) is 20.6. The second kappa shape index (κ2) is 18.2. The molecule has 0 radical (unpaired) electrons. The van der Waals surface area contributed by atoms with Crippen LogP contribution in [-0.2, 0) is 37.6 Å². The summed E-state index contributed by atoms with van der Waals surface area (Å²) in [5.41, 5.74) is 0.137. The molecule has 0 spiro atoms. The number of rotatable bonds is 9. The van der Waals surface area contributed by atoms with Gasteiger partial charge in [-0.3, -0.25) is 10.1 Å². The number of phenolic OH excluding ortho intramolecular Hbond substituents is 4. The molecule has 63 heavy (non-hydrogen) atoms. The minimum absolute atomic E-state index is 0. The summed E-state index contributed by atoms with van der Waals surface area (Å²) < 4.78 is 70.4. The third kappa shape index (κ3) is 9.85. The molecule has 8 rings (SSSR count). The maximum atomic E-state index is 11.9. The zero-order valence-electron chi connectivity index (χ0n) is 31.8. The van der Waals surface area contributed by atoms with E-state index in [0.29, 0.717) is 11.1 Å². The fourth-order valence-corrected chi connectivity index (χ4v) is 7.64. The standard InChI is InChI=1S/C22H16N4O7S.C20H14N2O5S.Cr/c27-19-9-7-16(26(29)30)12-18(19)24-25-21-20(34(31,32)33)11-13-10-15(6-8-17(13)22(21)28)23-14-4-2-1-3-5-14;23-16-10-9-12-5-1-2-6-13(12)19(16)21-22-20-15-8-4-3-7-14(15)18(11-17(20)24)28(25,26)27;/h1-12,23,27-28H,(H,31,32,33);1-11,23-24H,(H,25,26,27);/p-2. The van der Waals surface area contributed by atoms with Crippen molar-refractivity contribution in [2.75, 3.05) is 5.32 Å². The van der Waals surface area contributed by atoms with Crippen molar-refractivity contribution in [3.05, 3.63) is 150 Å². The quantitative estimate of drug-likeness (QED) is 0.0390. The van der Waals surface area contributed by atoms with Crippen LogP contribution < -0.4 is 5.32 Å². The predicted octanol–water partition coefficient (Wildman–Crippen LogP) is 9.94. The summed E-state index contributed by atoms with van der Waals surface area (Å²) in [6.45, 7) is 0. The van der Waals surface area contributed by atoms with Crippen molar-refractivity contribution in [1.82, 2.24) is 0 Å². The fraction of sp³-hybridized carbons (Fsp3) is 0. The van der Waals surface area contributed by atoms with E-state index in [1.54, 1.807) is 42.5 Å². The smallest absolute Gasteiger partial charge is 0.271 e. The maximum absolute atomic E-state index is 11.9. The monoisotopic (exact) mass is 924 g/mol. The Morgan fingerprint density at radius 1 is 0.492 bits per heavy atom. The number of fused-ring (bicyclic) bond motifs is 3. The van der Waals surface area contributed by atoms with E-state index in [4.69, 9.17) is 0 Å². The number of nitro benzene ring substituents is 1. The Balaban J connectivity index is 0.000000210. The first kappa shape index (κ1) is 45.0. The number of nitro groups is 1. The van der Waals surface area contributed by atoms with Gasteiger partial charge in [-0.15, -0.1) is 20.5 Å². The summed E-state index contributed by atoms with van der Waals surface area (Å²) in [4.78, 5) is 8.85. The summed E-state index contributed by atoms with van der Waals surface area (Å²) in [7, 11) is -9.90. The summed E-state index contributed by atoms with van der Waals surface area (Å²) in [6, 6.07) is 35.4. The molecule has 18 nitrogen and oxygen atoms in total. The first-order valence-electron chi connectivity index (χ1n) is 17.8. The SMILES string of the molecule is O=S(=O)([O-])c1cc(O)c(N=Nc2c(O)ccc3ccccc23)c2ccccc12.O=[N+]([O-])c1ccc(O)c(N=Nc2c(S(=O)(=O)[O-])cc3cc(Nc4ccccc4)ccc3c2O)c1.[Cr]. The molecule has 318 valence electrons. The number of anilines is 2. The fourth-order valence-electron chi connectivity index (χ4n) is 6.29.